The number of piperazine rings is 1. The van der Waals surface area contributed by atoms with E-state index in [1.54, 1.807) is 4.90 Å². The molecule has 1 heterocycles. The molecule has 110 valence electrons. The van der Waals surface area contributed by atoms with Crippen molar-refractivity contribution in [1.82, 2.24) is 9.80 Å². The van der Waals surface area contributed by atoms with E-state index in [0.29, 0.717) is 26.2 Å². The van der Waals surface area contributed by atoms with Crippen molar-refractivity contribution < 1.29 is 14.6 Å². The van der Waals surface area contributed by atoms with E-state index in [4.69, 9.17) is 4.74 Å². The van der Waals surface area contributed by atoms with Crippen LogP contribution in [0.5, 0.6) is 0 Å². The molecule has 1 N–H and O–H groups in total. The summed E-state index contributed by atoms with van der Waals surface area (Å²) in [6.45, 7) is 5.66. The summed E-state index contributed by atoms with van der Waals surface area (Å²) in [6.07, 6.45) is -0.721. The van der Waals surface area contributed by atoms with Crippen molar-refractivity contribution in [1.29, 1.82) is 0 Å². The van der Waals surface area contributed by atoms with E-state index >= 15 is 0 Å². The van der Waals surface area contributed by atoms with E-state index in [2.05, 4.69) is 4.90 Å². The molecule has 1 aromatic carbocycles. The van der Waals surface area contributed by atoms with Gasteiger partial charge in [0.05, 0.1) is 12.7 Å². The lowest BCUT2D eigenvalue weighted by atomic mass is 10.1. The summed E-state index contributed by atoms with van der Waals surface area (Å²) in [4.78, 5) is 15.5. The topological polar surface area (TPSA) is 53.0 Å². The largest absolute Gasteiger partial charge is 0.450 e. The molecular weight excluding hydrogens is 256 g/mol. The van der Waals surface area contributed by atoms with E-state index in [1.165, 1.54) is 0 Å². The second-order valence-electron chi connectivity index (χ2n) is 4.91. The molecule has 1 aliphatic rings. The Kier molecular flexibility index (Phi) is 5.38. The first-order chi connectivity index (χ1) is 9.70. The minimum Gasteiger partial charge on any atom is -0.450 e. The van der Waals surface area contributed by atoms with Gasteiger partial charge in [-0.25, -0.2) is 4.79 Å². The van der Waals surface area contributed by atoms with Crippen molar-refractivity contribution in [3.05, 3.63) is 35.9 Å². The maximum absolute atomic E-state index is 11.6. The maximum Gasteiger partial charge on any atom is 0.409 e. The smallest absolute Gasteiger partial charge is 0.409 e. The normalized spacial score (nSPS) is 17.8. The quantitative estimate of drug-likeness (QED) is 0.906. The molecule has 0 unspecified atom stereocenters. The van der Waals surface area contributed by atoms with Crippen LogP contribution in [0.2, 0.25) is 0 Å². The van der Waals surface area contributed by atoms with Gasteiger partial charge in [0.1, 0.15) is 0 Å². The van der Waals surface area contributed by atoms with Gasteiger partial charge in [-0.3, -0.25) is 4.90 Å². The van der Waals surface area contributed by atoms with E-state index in [-0.39, 0.29) is 6.09 Å². The fraction of sp³-hybridized carbons (Fsp3) is 0.533. The minimum absolute atomic E-state index is 0.240. The number of β-amino-alcohol motifs (C(OH)–C–C–N with tert-alkyl or cyclic N) is 1. The third-order valence-corrected chi connectivity index (χ3v) is 3.51. The first-order valence-electron chi connectivity index (χ1n) is 7.07. The van der Waals surface area contributed by atoms with Crippen LogP contribution in [0.1, 0.15) is 18.6 Å². The average Bonchev–Trinajstić information content (AvgIpc) is 2.49. The molecule has 1 aliphatic heterocycles. The third kappa shape index (κ3) is 3.95. The van der Waals surface area contributed by atoms with E-state index in [1.807, 2.05) is 37.3 Å². The number of benzene rings is 1. The lowest BCUT2D eigenvalue weighted by Gasteiger charge is -2.35. The number of ether oxygens (including phenoxy) is 1. The Morgan fingerprint density at radius 2 is 1.90 bits per heavy atom. The fourth-order valence-corrected chi connectivity index (χ4v) is 2.35. The average molecular weight is 278 g/mol. The summed E-state index contributed by atoms with van der Waals surface area (Å²) in [5.74, 6) is 0. The molecule has 0 saturated carbocycles. The van der Waals surface area contributed by atoms with Crippen molar-refractivity contribution >= 4 is 6.09 Å². The number of carbonyl (C=O) groups is 1. The Balaban J connectivity index is 1.78. The third-order valence-electron chi connectivity index (χ3n) is 3.51. The van der Waals surface area contributed by atoms with Crippen molar-refractivity contribution in [2.24, 2.45) is 0 Å². The van der Waals surface area contributed by atoms with Gasteiger partial charge in [-0.15, -0.1) is 0 Å². The molecule has 20 heavy (non-hydrogen) atoms. The van der Waals surface area contributed by atoms with E-state index < -0.39 is 6.10 Å². The van der Waals surface area contributed by atoms with Crippen LogP contribution in [0, 0.1) is 0 Å². The zero-order valence-electron chi connectivity index (χ0n) is 11.9. The Labute approximate surface area is 119 Å². The lowest BCUT2D eigenvalue weighted by molar-refractivity contribution is 0.0578. The number of aliphatic hydroxyl groups is 1. The zero-order valence-corrected chi connectivity index (χ0v) is 11.9. The Morgan fingerprint density at radius 3 is 2.50 bits per heavy atom. The van der Waals surface area contributed by atoms with Gasteiger partial charge in [0.2, 0.25) is 0 Å². The van der Waals surface area contributed by atoms with Crippen molar-refractivity contribution in [3.8, 4) is 0 Å². The molecule has 0 aliphatic carbocycles. The highest BCUT2D eigenvalue weighted by Gasteiger charge is 2.23. The number of hydrogen-bond acceptors (Lipinski definition) is 4. The van der Waals surface area contributed by atoms with Crippen molar-refractivity contribution in [2.45, 2.75) is 13.0 Å². The molecule has 0 aromatic heterocycles. The summed E-state index contributed by atoms with van der Waals surface area (Å²) >= 11 is 0. The van der Waals surface area contributed by atoms with Crippen LogP contribution in [0.15, 0.2) is 30.3 Å². The number of hydrogen-bond donors (Lipinski definition) is 1. The Hall–Kier alpha value is -1.59. The van der Waals surface area contributed by atoms with E-state index in [0.717, 1.165) is 18.7 Å². The Morgan fingerprint density at radius 1 is 1.25 bits per heavy atom. The van der Waals surface area contributed by atoms with E-state index in [9.17, 15) is 9.90 Å². The summed E-state index contributed by atoms with van der Waals surface area (Å²) < 4.78 is 4.99. The molecule has 5 heteroatoms. The van der Waals surface area contributed by atoms with Crippen molar-refractivity contribution in [2.75, 3.05) is 39.3 Å². The number of carbonyl (C=O) groups excluding carboxylic acids is 1. The number of rotatable bonds is 4. The van der Waals surface area contributed by atoms with Gasteiger partial charge in [-0.2, -0.15) is 0 Å². The molecular formula is C15H22N2O3. The predicted octanol–water partition coefficient (Wildman–Crippen LogP) is 1.49. The second-order valence-corrected chi connectivity index (χ2v) is 4.91. The van der Waals surface area contributed by atoms with Crippen LogP contribution in [0.25, 0.3) is 0 Å². The highest BCUT2D eigenvalue weighted by molar-refractivity contribution is 5.67. The molecule has 0 bridgehead atoms. The van der Waals surface area contributed by atoms with Gasteiger partial charge in [0.25, 0.3) is 0 Å². The molecule has 1 saturated heterocycles. The van der Waals surface area contributed by atoms with Crippen LogP contribution in [0.4, 0.5) is 4.79 Å². The standard InChI is InChI=1S/C15H22N2O3/c1-2-20-15(19)17-10-8-16(9-11-17)12-14(18)13-6-4-3-5-7-13/h3-7,14,18H,2,8-12H2,1H3/t14-/m1/s1. The molecule has 0 spiro atoms. The highest BCUT2D eigenvalue weighted by atomic mass is 16.6. The van der Waals surface area contributed by atoms with Gasteiger partial charge >= 0.3 is 6.09 Å². The highest BCUT2D eigenvalue weighted by Crippen LogP contribution is 2.15. The molecule has 1 fully saturated rings. The zero-order chi connectivity index (χ0) is 14.4. The second kappa shape index (κ2) is 7.26. The lowest BCUT2D eigenvalue weighted by Crippen LogP contribution is -2.49. The van der Waals surface area contributed by atoms with Crippen LogP contribution >= 0.6 is 0 Å². The minimum atomic E-state index is -0.481. The summed E-state index contributed by atoms with van der Waals surface area (Å²) in [7, 11) is 0. The first-order valence-corrected chi connectivity index (χ1v) is 7.07. The molecule has 1 amide bonds. The van der Waals surface area contributed by atoms with Gasteiger partial charge < -0.3 is 14.7 Å². The van der Waals surface area contributed by atoms with Crippen LogP contribution < -0.4 is 0 Å². The number of amides is 1. The summed E-state index contributed by atoms with van der Waals surface area (Å²) in [5.41, 5.74) is 0.931. The van der Waals surface area contributed by atoms with Crippen LogP contribution in [0.3, 0.4) is 0 Å². The Bertz CT molecular complexity index is 416. The van der Waals surface area contributed by atoms with Crippen LogP contribution in [-0.4, -0.2) is 60.3 Å². The van der Waals surface area contributed by atoms with Crippen LogP contribution in [-0.2, 0) is 4.74 Å². The SMILES string of the molecule is CCOC(=O)N1CCN(C[C@@H](O)c2ccccc2)CC1. The van der Waals surface area contributed by atoms with Gasteiger partial charge in [-0.05, 0) is 12.5 Å². The molecule has 2 rings (SSSR count). The summed E-state index contributed by atoms with van der Waals surface area (Å²) in [5, 5.41) is 10.2. The van der Waals surface area contributed by atoms with Gasteiger partial charge in [0.15, 0.2) is 0 Å². The molecule has 5 nitrogen and oxygen atoms in total. The monoisotopic (exact) mass is 278 g/mol. The molecule has 1 aromatic rings. The number of nitrogens with zero attached hydrogens (tertiary/aromatic N) is 2. The van der Waals surface area contributed by atoms with Gasteiger partial charge in [0, 0.05) is 32.7 Å². The number of aliphatic hydroxyl groups excluding tert-OH is 1. The predicted molar refractivity (Wildman–Crippen MR) is 76.4 cm³/mol. The fourth-order valence-electron chi connectivity index (χ4n) is 2.35. The maximum atomic E-state index is 11.6. The molecule has 1 atom stereocenters. The molecule has 0 radical (unpaired) electrons. The van der Waals surface area contributed by atoms with Crippen molar-refractivity contribution in [3.63, 3.8) is 0 Å². The summed E-state index contributed by atoms with van der Waals surface area (Å²) in [6, 6.07) is 9.65. The van der Waals surface area contributed by atoms with Gasteiger partial charge in [-0.1, -0.05) is 30.3 Å². The first kappa shape index (κ1) is 14.8.